The molecule has 0 saturated carbocycles. The van der Waals surface area contributed by atoms with Crippen LogP contribution in [0.5, 0.6) is 11.5 Å². The number of hydrogen-bond donors (Lipinski definition) is 2. The highest BCUT2D eigenvalue weighted by Crippen LogP contribution is 2.38. The van der Waals surface area contributed by atoms with Crippen molar-refractivity contribution >= 4 is 33.1 Å². The molecule has 3 aromatic carbocycles. The Hall–Kier alpha value is -3.25. The Morgan fingerprint density at radius 2 is 1.53 bits per heavy atom. The zero-order valence-electron chi connectivity index (χ0n) is 20.6. The summed E-state index contributed by atoms with van der Waals surface area (Å²) in [7, 11) is -0.615. The maximum atomic E-state index is 12.8. The van der Waals surface area contributed by atoms with Gasteiger partial charge < -0.3 is 15.4 Å². The van der Waals surface area contributed by atoms with Crippen molar-refractivity contribution in [2.75, 3.05) is 34.8 Å². The summed E-state index contributed by atoms with van der Waals surface area (Å²) in [5, 5.41) is 6.39. The van der Waals surface area contributed by atoms with Gasteiger partial charge in [-0.25, -0.2) is 10.0 Å². The van der Waals surface area contributed by atoms with Crippen LogP contribution in [0.4, 0.5) is 11.4 Å². The Kier molecular flexibility index (Phi) is 8.40. The molecule has 0 fully saturated rings. The van der Waals surface area contributed by atoms with Crippen LogP contribution in [-0.2, 0) is 0 Å². The Labute approximate surface area is 204 Å². The molecular weight excluding hydrogens is 444 g/mol. The van der Waals surface area contributed by atoms with Crippen LogP contribution in [0.3, 0.4) is 0 Å². The molecule has 2 N–H and O–H groups in total. The van der Waals surface area contributed by atoms with E-state index in [0.717, 1.165) is 17.3 Å². The summed E-state index contributed by atoms with van der Waals surface area (Å²) < 4.78 is 5.99. The molecule has 34 heavy (non-hydrogen) atoms. The van der Waals surface area contributed by atoms with Gasteiger partial charge in [0.15, 0.2) is 5.78 Å². The van der Waals surface area contributed by atoms with E-state index in [9.17, 15) is 9.59 Å². The monoisotopic (exact) mass is 478 g/mol. The molecule has 1 amide bonds. The van der Waals surface area contributed by atoms with E-state index in [2.05, 4.69) is 30.1 Å². The van der Waals surface area contributed by atoms with Crippen molar-refractivity contribution in [1.29, 1.82) is 0 Å². The maximum Gasteiger partial charge on any atom is 0.255 e. The van der Waals surface area contributed by atoms with Crippen LogP contribution in [0, 0.1) is 5.92 Å². The lowest BCUT2D eigenvalue weighted by Crippen LogP contribution is -2.14. The van der Waals surface area contributed by atoms with Crippen LogP contribution in [-0.4, -0.2) is 35.8 Å². The lowest BCUT2D eigenvalue weighted by Gasteiger charge is -2.30. The molecule has 0 unspecified atom stereocenters. The summed E-state index contributed by atoms with van der Waals surface area (Å²) in [6.45, 7) is 5.92. The number of amides is 1. The second-order valence-electron chi connectivity index (χ2n) is 9.09. The predicted molar refractivity (Wildman–Crippen MR) is 145 cm³/mol. The third-order valence-corrected chi connectivity index (χ3v) is 8.05. The summed E-state index contributed by atoms with van der Waals surface area (Å²) in [4.78, 5) is 25.0. The Bertz CT molecular complexity index is 1140. The molecular formula is C28H34N2O3S. The number of benzene rings is 3. The normalized spacial score (nSPS) is 11.7. The number of ether oxygens (including phenoxy) is 1. The van der Waals surface area contributed by atoms with Gasteiger partial charge in [-0.15, -0.1) is 0 Å². The minimum Gasteiger partial charge on any atom is -0.457 e. The van der Waals surface area contributed by atoms with Gasteiger partial charge >= 0.3 is 0 Å². The molecule has 6 heteroatoms. The molecule has 0 saturated heterocycles. The van der Waals surface area contributed by atoms with Gasteiger partial charge in [0.2, 0.25) is 0 Å². The third-order valence-electron chi connectivity index (χ3n) is 5.56. The molecule has 3 aromatic rings. The maximum absolute atomic E-state index is 12.8. The van der Waals surface area contributed by atoms with E-state index >= 15 is 0 Å². The van der Waals surface area contributed by atoms with Crippen molar-refractivity contribution in [3.8, 4) is 11.5 Å². The van der Waals surface area contributed by atoms with Crippen molar-refractivity contribution in [1.82, 2.24) is 0 Å². The van der Waals surface area contributed by atoms with Gasteiger partial charge in [0, 0.05) is 40.4 Å². The van der Waals surface area contributed by atoms with Gasteiger partial charge in [0.1, 0.15) is 11.5 Å². The lowest BCUT2D eigenvalue weighted by atomic mass is 9.99. The molecule has 0 spiro atoms. The molecule has 5 nitrogen and oxygen atoms in total. The Morgan fingerprint density at radius 3 is 2.21 bits per heavy atom. The topological polar surface area (TPSA) is 67.4 Å². The summed E-state index contributed by atoms with van der Waals surface area (Å²) in [5.41, 5.74) is 2.66. The molecule has 0 bridgehead atoms. The van der Waals surface area contributed by atoms with Crippen LogP contribution in [0.15, 0.2) is 72.8 Å². The highest BCUT2D eigenvalue weighted by Gasteiger charge is 2.14. The van der Waals surface area contributed by atoms with Gasteiger partial charge in [0.25, 0.3) is 5.91 Å². The van der Waals surface area contributed by atoms with Crippen molar-refractivity contribution < 1.29 is 14.3 Å². The molecule has 3 rings (SSSR count). The highest BCUT2D eigenvalue weighted by atomic mass is 32.3. The zero-order chi connectivity index (χ0) is 24.7. The van der Waals surface area contributed by atoms with Crippen LogP contribution >= 0.6 is 10.0 Å². The van der Waals surface area contributed by atoms with Crippen LogP contribution < -0.4 is 15.4 Å². The first kappa shape index (κ1) is 25.4. The fourth-order valence-corrected chi connectivity index (χ4v) is 3.91. The first-order chi connectivity index (χ1) is 16.2. The number of ketones is 1. The SMILES string of the molecule is CCS(C)(C)CNc1ccc(Oc2cccc(NC(=O)c3cccc(C(=O)C(C)C)c3)c2)cc1. The van der Waals surface area contributed by atoms with Crippen molar-refractivity contribution in [3.05, 3.63) is 83.9 Å². The van der Waals surface area contributed by atoms with E-state index in [4.69, 9.17) is 4.74 Å². The number of anilines is 2. The summed E-state index contributed by atoms with van der Waals surface area (Å²) in [5.74, 6) is 3.14. The molecule has 0 aromatic heterocycles. The quantitative estimate of drug-likeness (QED) is 0.307. The first-order valence-electron chi connectivity index (χ1n) is 11.4. The van der Waals surface area contributed by atoms with Crippen LogP contribution in [0.25, 0.3) is 0 Å². The standard InChI is InChI=1S/C28H34N2O3S/c1-6-34(4,5)19-29-23-13-15-25(16-14-23)33-26-12-8-11-24(18-26)30-28(32)22-10-7-9-21(17-22)27(31)20(2)3/h7-18,20,29H,6,19H2,1-5H3,(H,30,32). The summed E-state index contributed by atoms with van der Waals surface area (Å²) in [6, 6.07) is 21.9. The molecule has 0 aliphatic carbocycles. The van der Waals surface area contributed by atoms with E-state index in [1.165, 1.54) is 5.75 Å². The largest absolute Gasteiger partial charge is 0.457 e. The predicted octanol–water partition coefficient (Wildman–Crippen LogP) is 7.02. The van der Waals surface area contributed by atoms with E-state index in [0.29, 0.717) is 22.6 Å². The van der Waals surface area contributed by atoms with E-state index in [1.807, 2.05) is 50.2 Å². The van der Waals surface area contributed by atoms with Crippen LogP contribution in [0.2, 0.25) is 0 Å². The number of carbonyl (C=O) groups is 2. The van der Waals surface area contributed by atoms with Crippen molar-refractivity contribution in [3.63, 3.8) is 0 Å². The smallest absolute Gasteiger partial charge is 0.255 e. The Morgan fingerprint density at radius 1 is 0.853 bits per heavy atom. The lowest BCUT2D eigenvalue weighted by molar-refractivity contribution is 0.0939. The van der Waals surface area contributed by atoms with Crippen molar-refractivity contribution in [2.24, 2.45) is 5.92 Å². The minimum atomic E-state index is -0.615. The molecule has 0 aliphatic rings. The number of rotatable bonds is 10. The number of nitrogens with one attached hydrogen (secondary N) is 2. The fourth-order valence-electron chi connectivity index (χ4n) is 3.15. The molecule has 180 valence electrons. The zero-order valence-corrected chi connectivity index (χ0v) is 21.4. The average molecular weight is 479 g/mol. The minimum absolute atomic E-state index is 0.0154. The van der Waals surface area contributed by atoms with Crippen molar-refractivity contribution in [2.45, 2.75) is 20.8 Å². The second-order valence-corrected chi connectivity index (χ2v) is 13.5. The van der Waals surface area contributed by atoms with Gasteiger partial charge in [-0.05, 0) is 66.8 Å². The third kappa shape index (κ3) is 7.12. The molecule has 0 atom stereocenters. The number of Topliss-reactive ketones (excluding diaryl/α,β-unsaturated/α-hetero) is 1. The summed E-state index contributed by atoms with van der Waals surface area (Å²) in [6.07, 6.45) is 4.65. The Balaban J connectivity index is 1.63. The van der Waals surface area contributed by atoms with Gasteiger partial charge in [-0.3, -0.25) is 9.59 Å². The molecule has 0 aliphatic heterocycles. The van der Waals surface area contributed by atoms with E-state index in [1.54, 1.807) is 36.4 Å². The molecule has 0 heterocycles. The second kappa shape index (κ2) is 11.3. The number of carbonyl (C=O) groups excluding carboxylic acids is 2. The van der Waals surface area contributed by atoms with Gasteiger partial charge in [-0.1, -0.05) is 39.0 Å². The summed E-state index contributed by atoms with van der Waals surface area (Å²) >= 11 is 0. The van der Waals surface area contributed by atoms with Gasteiger partial charge in [-0.2, -0.15) is 0 Å². The van der Waals surface area contributed by atoms with Gasteiger partial charge in [0.05, 0.1) is 0 Å². The number of hydrogen-bond acceptors (Lipinski definition) is 4. The van der Waals surface area contributed by atoms with E-state index < -0.39 is 10.0 Å². The van der Waals surface area contributed by atoms with Crippen LogP contribution in [0.1, 0.15) is 41.5 Å². The average Bonchev–Trinajstić information content (AvgIpc) is 2.83. The first-order valence-corrected chi connectivity index (χ1v) is 14.2. The fraction of sp³-hybridized carbons (Fsp3) is 0.286. The molecule has 0 radical (unpaired) electrons. The highest BCUT2D eigenvalue weighted by molar-refractivity contribution is 8.32. The van der Waals surface area contributed by atoms with E-state index in [-0.39, 0.29) is 17.6 Å².